The summed E-state index contributed by atoms with van der Waals surface area (Å²) in [5.74, 6) is 1.41. The summed E-state index contributed by atoms with van der Waals surface area (Å²) < 4.78 is 6.30. The van der Waals surface area contributed by atoms with Crippen LogP contribution in [0.1, 0.15) is 55.4 Å². The smallest absolute Gasteiger partial charge is 0.127 e. The highest BCUT2D eigenvalue weighted by atomic mass is 16.5. The number of rotatable bonds is 4. The summed E-state index contributed by atoms with van der Waals surface area (Å²) in [7, 11) is 1.93. The van der Waals surface area contributed by atoms with Crippen molar-refractivity contribution in [2.45, 2.75) is 65.9 Å². The number of nitrogens with two attached hydrogens (primary N) is 1. The molecule has 1 aliphatic heterocycles. The number of phenolic OH excluding ortho intramolecular Hbond substituents is 1. The van der Waals surface area contributed by atoms with Gasteiger partial charge < -0.3 is 20.9 Å². The fourth-order valence-electron chi connectivity index (χ4n) is 2.95. The number of aromatic hydroxyl groups is 1. The van der Waals surface area contributed by atoms with Crippen LogP contribution in [0.15, 0.2) is 0 Å². The Morgan fingerprint density at radius 2 is 1.83 bits per heavy atom. The SMILES string of the molecule is CCNC.Cc1c(C)c2c(c(C)c1O)CCC(C)(CCCN)O2. The fourth-order valence-corrected chi connectivity index (χ4v) is 2.95. The maximum atomic E-state index is 10.1. The van der Waals surface area contributed by atoms with Gasteiger partial charge in [-0.1, -0.05) is 6.92 Å². The number of benzene rings is 1. The van der Waals surface area contributed by atoms with Gasteiger partial charge >= 0.3 is 0 Å². The van der Waals surface area contributed by atoms with Crippen LogP contribution in [0.3, 0.4) is 0 Å². The lowest BCUT2D eigenvalue weighted by Crippen LogP contribution is -2.37. The maximum Gasteiger partial charge on any atom is 0.127 e. The summed E-state index contributed by atoms with van der Waals surface area (Å²) >= 11 is 0. The molecule has 132 valence electrons. The summed E-state index contributed by atoms with van der Waals surface area (Å²) in [5.41, 5.74) is 9.63. The molecule has 1 heterocycles. The van der Waals surface area contributed by atoms with E-state index in [-0.39, 0.29) is 5.60 Å². The lowest BCUT2D eigenvalue weighted by atomic mass is 9.85. The number of fused-ring (bicyclic) bond motifs is 1. The van der Waals surface area contributed by atoms with Gasteiger partial charge in [0.25, 0.3) is 0 Å². The van der Waals surface area contributed by atoms with Gasteiger partial charge in [-0.3, -0.25) is 0 Å². The largest absolute Gasteiger partial charge is 0.507 e. The Balaban J connectivity index is 0.000000593. The highest BCUT2D eigenvalue weighted by Crippen LogP contribution is 2.44. The summed E-state index contributed by atoms with van der Waals surface area (Å²) in [6.45, 7) is 12.0. The Kier molecular flexibility index (Phi) is 7.36. The van der Waals surface area contributed by atoms with Gasteiger partial charge in [-0.05, 0) is 90.2 Å². The predicted molar refractivity (Wildman–Crippen MR) is 97.6 cm³/mol. The number of nitrogens with one attached hydrogen (secondary N) is 1. The highest BCUT2D eigenvalue weighted by molar-refractivity contribution is 5.58. The van der Waals surface area contributed by atoms with Gasteiger partial charge in [0.05, 0.1) is 0 Å². The third kappa shape index (κ3) is 4.61. The van der Waals surface area contributed by atoms with E-state index in [0.29, 0.717) is 12.3 Å². The number of hydrogen-bond donors (Lipinski definition) is 3. The third-order valence-corrected chi connectivity index (χ3v) is 4.86. The fraction of sp³-hybridized carbons (Fsp3) is 0.684. The lowest BCUT2D eigenvalue weighted by molar-refractivity contribution is 0.0535. The molecular weight excluding hydrogens is 288 g/mol. The van der Waals surface area contributed by atoms with Crippen molar-refractivity contribution >= 4 is 0 Å². The first kappa shape index (κ1) is 19.8. The molecule has 0 saturated carbocycles. The molecule has 0 spiro atoms. The van der Waals surface area contributed by atoms with Gasteiger partial charge in [0.1, 0.15) is 17.1 Å². The van der Waals surface area contributed by atoms with E-state index in [1.54, 1.807) is 0 Å². The van der Waals surface area contributed by atoms with Crippen LogP contribution >= 0.6 is 0 Å². The monoisotopic (exact) mass is 322 g/mol. The Morgan fingerprint density at radius 3 is 2.35 bits per heavy atom. The van der Waals surface area contributed by atoms with Crippen molar-refractivity contribution in [1.82, 2.24) is 5.32 Å². The zero-order valence-electron chi connectivity index (χ0n) is 15.7. The molecule has 1 aliphatic rings. The second kappa shape index (κ2) is 8.55. The zero-order valence-corrected chi connectivity index (χ0v) is 15.7. The van der Waals surface area contributed by atoms with E-state index >= 15 is 0 Å². The Hall–Kier alpha value is -1.26. The van der Waals surface area contributed by atoms with Gasteiger partial charge in [-0.15, -0.1) is 0 Å². The minimum atomic E-state index is -0.118. The first-order chi connectivity index (χ1) is 10.8. The van der Waals surface area contributed by atoms with Crippen molar-refractivity contribution in [1.29, 1.82) is 0 Å². The molecule has 0 radical (unpaired) electrons. The molecule has 0 amide bonds. The molecule has 1 atom stereocenters. The molecule has 23 heavy (non-hydrogen) atoms. The molecule has 1 unspecified atom stereocenters. The standard InChI is InChI=1S/C16H25NO2.C3H9N/c1-10-11(2)15-13(12(3)14(10)18)6-8-16(4,19-15)7-5-9-17;1-3-4-2/h18H,5-9,17H2,1-4H3;4H,3H2,1-2H3. The molecule has 0 saturated heterocycles. The van der Waals surface area contributed by atoms with E-state index in [9.17, 15) is 5.11 Å². The van der Waals surface area contributed by atoms with E-state index in [1.807, 2.05) is 27.8 Å². The number of ether oxygens (including phenoxy) is 1. The number of phenols is 1. The quantitative estimate of drug-likeness (QED) is 0.795. The zero-order chi connectivity index (χ0) is 17.6. The lowest BCUT2D eigenvalue weighted by Gasteiger charge is -2.38. The number of hydrogen-bond acceptors (Lipinski definition) is 4. The van der Waals surface area contributed by atoms with Crippen molar-refractivity contribution in [2.24, 2.45) is 5.73 Å². The van der Waals surface area contributed by atoms with Crippen molar-refractivity contribution < 1.29 is 9.84 Å². The second-order valence-corrected chi connectivity index (χ2v) is 6.68. The molecular formula is C19H34N2O2. The van der Waals surface area contributed by atoms with Crippen molar-refractivity contribution in [3.8, 4) is 11.5 Å². The molecule has 0 aliphatic carbocycles. The molecule has 1 aromatic carbocycles. The van der Waals surface area contributed by atoms with Crippen LogP contribution in [0.25, 0.3) is 0 Å². The Morgan fingerprint density at radius 1 is 1.22 bits per heavy atom. The molecule has 2 rings (SSSR count). The first-order valence-corrected chi connectivity index (χ1v) is 8.66. The van der Waals surface area contributed by atoms with Crippen molar-refractivity contribution in [2.75, 3.05) is 20.1 Å². The van der Waals surface area contributed by atoms with E-state index in [1.165, 1.54) is 5.56 Å². The van der Waals surface area contributed by atoms with E-state index in [4.69, 9.17) is 10.5 Å². The molecule has 1 aromatic rings. The van der Waals surface area contributed by atoms with E-state index in [2.05, 4.69) is 19.2 Å². The summed E-state index contributed by atoms with van der Waals surface area (Å²) in [6, 6.07) is 0. The van der Waals surface area contributed by atoms with Crippen molar-refractivity contribution in [3.63, 3.8) is 0 Å². The van der Waals surface area contributed by atoms with E-state index < -0.39 is 0 Å². The second-order valence-electron chi connectivity index (χ2n) is 6.68. The van der Waals surface area contributed by atoms with Crippen LogP contribution in [0.2, 0.25) is 0 Å². The van der Waals surface area contributed by atoms with Gasteiger partial charge in [-0.2, -0.15) is 0 Å². The minimum Gasteiger partial charge on any atom is -0.507 e. The Bertz CT molecular complexity index is 527. The van der Waals surface area contributed by atoms with Gasteiger partial charge in [0.15, 0.2) is 0 Å². The molecule has 4 nitrogen and oxygen atoms in total. The van der Waals surface area contributed by atoms with Crippen LogP contribution < -0.4 is 15.8 Å². The van der Waals surface area contributed by atoms with Gasteiger partial charge in [0, 0.05) is 5.56 Å². The minimum absolute atomic E-state index is 0.118. The summed E-state index contributed by atoms with van der Waals surface area (Å²) in [6.07, 6.45) is 3.93. The molecule has 0 fully saturated rings. The highest BCUT2D eigenvalue weighted by Gasteiger charge is 2.33. The van der Waals surface area contributed by atoms with Crippen LogP contribution in [0.5, 0.6) is 11.5 Å². The first-order valence-electron chi connectivity index (χ1n) is 8.66. The van der Waals surface area contributed by atoms with Crippen LogP contribution in [-0.4, -0.2) is 30.8 Å². The van der Waals surface area contributed by atoms with Crippen LogP contribution in [0, 0.1) is 20.8 Å². The average Bonchev–Trinajstić information content (AvgIpc) is 2.56. The van der Waals surface area contributed by atoms with E-state index in [0.717, 1.165) is 54.7 Å². The molecule has 4 heteroatoms. The summed E-state index contributed by atoms with van der Waals surface area (Å²) in [4.78, 5) is 0. The van der Waals surface area contributed by atoms with Gasteiger partial charge in [0.2, 0.25) is 0 Å². The molecule has 4 N–H and O–H groups in total. The topological polar surface area (TPSA) is 67.5 Å². The normalized spacial score (nSPS) is 19.4. The molecule has 0 bridgehead atoms. The third-order valence-electron chi connectivity index (χ3n) is 4.86. The van der Waals surface area contributed by atoms with Gasteiger partial charge in [-0.25, -0.2) is 0 Å². The maximum absolute atomic E-state index is 10.1. The summed E-state index contributed by atoms with van der Waals surface area (Å²) in [5, 5.41) is 13.1. The van der Waals surface area contributed by atoms with Crippen molar-refractivity contribution in [3.05, 3.63) is 22.3 Å². The Labute approximate surface area is 141 Å². The van der Waals surface area contributed by atoms with Crippen LogP contribution in [-0.2, 0) is 6.42 Å². The average molecular weight is 322 g/mol. The predicted octanol–water partition coefficient (Wildman–Crippen LogP) is 3.37. The van der Waals surface area contributed by atoms with Crippen LogP contribution in [0.4, 0.5) is 0 Å². The molecule has 0 aromatic heterocycles.